The van der Waals surface area contributed by atoms with Crippen LogP contribution in [0.3, 0.4) is 0 Å². The summed E-state index contributed by atoms with van der Waals surface area (Å²) in [5, 5.41) is 46.2. The zero-order valence-corrected chi connectivity index (χ0v) is 35.4. The second-order valence-corrected chi connectivity index (χ2v) is 16.2. The molecule has 0 aromatic carbocycles. The Kier molecular flexibility index (Phi) is 44.2. The minimum Gasteiger partial charge on any atom is -0.392 e. The highest BCUT2D eigenvalue weighted by atomic mass is 16.3. The van der Waals surface area contributed by atoms with Crippen LogP contribution in [-0.2, 0) is 0 Å². The summed E-state index contributed by atoms with van der Waals surface area (Å²) < 4.78 is 0. The molecule has 8 nitrogen and oxygen atoms in total. The van der Waals surface area contributed by atoms with Crippen molar-refractivity contribution in [2.75, 3.05) is 39.3 Å². The van der Waals surface area contributed by atoms with Gasteiger partial charge in [-0.15, -0.1) is 0 Å². The largest absolute Gasteiger partial charge is 0.392 e. The lowest BCUT2D eigenvalue weighted by Crippen LogP contribution is -2.42. The molecule has 0 aromatic rings. The van der Waals surface area contributed by atoms with Gasteiger partial charge in [0, 0.05) is 26.2 Å². The maximum atomic E-state index is 10.3. The Labute approximate surface area is 335 Å². The highest BCUT2D eigenvalue weighted by molar-refractivity contribution is 4.82. The minimum absolute atomic E-state index is 0.306. The summed E-state index contributed by atoms with van der Waals surface area (Å²) in [4.78, 5) is 0. The Morgan fingerprint density at radius 2 is 0.574 bits per heavy atom. The molecule has 0 fully saturated rings. The predicted octanol–water partition coefficient (Wildman–Crippen LogP) is 9.12. The van der Waals surface area contributed by atoms with Crippen LogP contribution in [0.25, 0.3) is 0 Å². The lowest BCUT2D eigenvalue weighted by molar-refractivity contribution is 0.0210. The monoisotopic (exact) mass is 767 g/mol. The molecule has 0 aliphatic rings. The second-order valence-electron chi connectivity index (χ2n) is 16.2. The highest BCUT2D eigenvalue weighted by Crippen LogP contribution is 2.14. The molecule has 0 bridgehead atoms. The average Bonchev–Trinajstić information content (AvgIpc) is 3.18. The van der Waals surface area contributed by atoms with Gasteiger partial charge in [-0.2, -0.15) is 0 Å². The highest BCUT2D eigenvalue weighted by Gasteiger charge is 2.15. The molecular weight excluding hydrogens is 673 g/mol. The summed E-state index contributed by atoms with van der Waals surface area (Å²) in [5.41, 5.74) is 10.9. The Morgan fingerprint density at radius 1 is 0.333 bits per heavy atom. The fourth-order valence-electron chi connectivity index (χ4n) is 6.97. The average molecular weight is 767 g/mol. The van der Waals surface area contributed by atoms with E-state index in [2.05, 4.69) is 34.9 Å². The fourth-order valence-corrected chi connectivity index (χ4v) is 6.97. The van der Waals surface area contributed by atoms with E-state index in [4.69, 9.17) is 11.5 Å². The van der Waals surface area contributed by atoms with Crippen LogP contribution >= 0.6 is 0 Å². The third kappa shape index (κ3) is 42.3. The SMILES string of the molecule is NCC(O)CCCCCCCCC/C=C\CCCCCCCCNCC(O)C(O)CNCCCCCCCC/C=C\CCCCCCCCCC(O)CN. The molecule has 0 saturated heterocycles. The van der Waals surface area contributed by atoms with Crippen LogP contribution in [0.2, 0.25) is 0 Å². The zero-order chi connectivity index (χ0) is 39.4. The Bertz CT molecular complexity index is 709. The van der Waals surface area contributed by atoms with Gasteiger partial charge in [0.05, 0.1) is 24.4 Å². The predicted molar refractivity (Wildman–Crippen MR) is 234 cm³/mol. The summed E-state index contributed by atoms with van der Waals surface area (Å²) in [6.07, 6.45) is 46.8. The smallest absolute Gasteiger partial charge is 0.0935 e. The number of aliphatic hydroxyl groups excluding tert-OH is 4. The number of hydrogen-bond donors (Lipinski definition) is 8. The third-order valence-corrected chi connectivity index (χ3v) is 10.8. The van der Waals surface area contributed by atoms with Gasteiger partial charge in [0.1, 0.15) is 0 Å². The van der Waals surface area contributed by atoms with Gasteiger partial charge < -0.3 is 42.5 Å². The summed E-state index contributed by atoms with van der Waals surface area (Å²) in [5.74, 6) is 0. The number of nitrogens with one attached hydrogen (secondary N) is 2. The Balaban J connectivity index is 3.33. The Hall–Kier alpha value is -0.840. The van der Waals surface area contributed by atoms with Crippen LogP contribution in [-0.4, -0.2) is 84.1 Å². The van der Waals surface area contributed by atoms with Gasteiger partial charge in [0.15, 0.2) is 0 Å². The molecule has 0 saturated carbocycles. The van der Waals surface area contributed by atoms with Crippen LogP contribution in [0.15, 0.2) is 24.3 Å². The van der Waals surface area contributed by atoms with Gasteiger partial charge in [-0.1, -0.05) is 153 Å². The fraction of sp³-hybridized carbons (Fsp3) is 0.913. The lowest BCUT2D eigenvalue weighted by atomic mass is 10.1. The quantitative estimate of drug-likeness (QED) is 0.0225. The van der Waals surface area contributed by atoms with E-state index in [0.29, 0.717) is 26.2 Å². The van der Waals surface area contributed by atoms with Crippen molar-refractivity contribution >= 4 is 0 Å². The standard InChI is InChI=1S/C46H94N4O4/c47-39-43(51)35-31-27-23-19-15-11-7-3-1-5-9-13-17-21-25-29-33-37-49-41-45(53)46(54)42-50-38-34-30-26-22-18-14-10-6-2-4-8-12-16-20-24-28-32-36-44(52)40-48/h1-2,5-6,43-46,49-54H,3-4,7-42,47-48H2/b5-1-,6-2-. The van der Waals surface area contributed by atoms with E-state index < -0.39 is 12.2 Å². The maximum absolute atomic E-state index is 10.3. The summed E-state index contributed by atoms with van der Waals surface area (Å²) >= 11 is 0. The molecule has 0 aromatic heterocycles. The van der Waals surface area contributed by atoms with Crippen molar-refractivity contribution in [2.45, 2.75) is 230 Å². The van der Waals surface area contributed by atoms with Crippen LogP contribution < -0.4 is 22.1 Å². The molecule has 10 N–H and O–H groups in total. The van der Waals surface area contributed by atoms with Gasteiger partial charge in [0.2, 0.25) is 0 Å². The summed E-state index contributed by atoms with van der Waals surface area (Å²) in [7, 11) is 0. The first-order valence-corrected chi connectivity index (χ1v) is 23.3. The van der Waals surface area contributed by atoms with Crippen molar-refractivity contribution in [3.05, 3.63) is 24.3 Å². The summed E-state index contributed by atoms with van der Waals surface area (Å²) in [6, 6.07) is 0. The topological polar surface area (TPSA) is 157 Å². The minimum atomic E-state index is -0.721. The van der Waals surface area contributed by atoms with Crippen molar-refractivity contribution in [3.63, 3.8) is 0 Å². The number of allylic oxidation sites excluding steroid dienone is 4. The number of hydrogen-bond acceptors (Lipinski definition) is 8. The number of unbranched alkanes of at least 4 members (excludes halogenated alkanes) is 26. The molecular formula is C46H94N4O4. The first-order chi connectivity index (χ1) is 26.5. The molecule has 4 atom stereocenters. The lowest BCUT2D eigenvalue weighted by Gasteiger charge is -2.19. The van der Waals surface area contributed by atoms with Gasteiger partial charge in [-0.05, 0) is 90.1 Å². The van der Waals surface area contributed by atoms with E-state index in [0.717, 1.165) is 51.6 Å². The molecule has 0 spiro atoms. The van der Waals surface area contributed by atoms with Crippen LogP contribution in [0.5, 0.6) is 0 Å². The van der Waals surface area contributed by atoms with E-state index >= 15 is 0 Å². The maximum Gasteiger partial charge on any atom is 0.0935 e. The van der Waals surface area contributed by atoms with Gasteiger partial charge in [-0.3, -0.25) is 0 Å². The van der Waals surface area contributed by atoms with Crippen LogP contribution in [0.4, 0.5) is 0 Å². The first-order valence-electron chi connectivity index (χ1n) is 23.3. The third-order valence-electron chi connectivity index (χ3n) is 10.8. The van der Waals surface area contributed by atoms with E-state index in [9.17, 15) is 20.4 Å². The molecule has 0 radical (unpaired) electrons. The van der Waals surface area contributed by atoms with Gasteiger partial charge in [0.25, 0.3) is 0 Å². The zero-order valence-electron chi connectivity index (χ0n) is 35.4. The molecule has 4 unspecified atom stereocenters. The van der Waals surface area contributed by atoms with Crippen molar-refractivity contribution in [2.24, 2.45) is 11.5 Å². The molecule has 0 aliphatic heterocycles. The van der Waals surface area contributed by atoms with Crippen LogP contribution in [0, 0.1) is 0 Å². The van der Waals surface area contributed by atoms with Crippen molar-refractivity contribution in [1.82, 2.24) is 10.6 Å². The molecule has 8 heteroatoms. The van der Waals surface area contributed by atoms with E-state index in [-0.39, 0.29) is 12.2 Å². The normalized spacial score (nSPS) is 14.4. The van der Waals surface area contributed by atoms with Gasteiger partial charge >= 0.3 is 0 Å². The van der Waals surface area contributed by atoms with E-state index in [1.165, 1.54) is 167 Å². The molecule has 0 aliphatic carbocycles. The van der Waals surface area contributed by atoms with Crippen molar-refractivity contribution in [1.29, 1.82) is 0 Å². The second kappa shape index (κ2) is 44.9. The van der Waals surface area contributed by atoms with Crippen LogP contribution in [0.1, 0.15) is 205 Å². The molecule has 0 rings (SSSR count). The van der Waals surface area contributed by atoms with E-state index in [1.54, 1.807) is 0 Å². The number of nitrogens with two attached hydrogens (primary N) is 2. The Morgan fingerprint density at radius 3 is 0.852 bits per heavy atom. The van der Waals surface area contributed by atoms with Gasteiger partial charge in [-0.25, -0.2) is 0 Å². The molecule has 0 heterocycles. The first kappa shape index (κ1) is 53.2. The molecule has 54 heavy (non-hydrogen) atoms. The van der Waals surface area contributed by atoms with Crippen molar-refractivity contribution in [3.8, 4) is 0 Å². The van der Waals surface area contributed by atoms with Crippen molar-refractivity contribution < 1.29 is 20.4 Å². The number of aliphatic hydroxyl groups is 4. The molecule has 322 valence electrons. The molecule has 0 amide bonds. The van der Waals surface area contributed by atoms with E-state index in [1.807, 2.05) is 0 Å². The summed E-state index contributed by atoms with van der Waals surface area (Å²) in [6.45, 7) is 3.49. The number of rotatable bonds is 45.